The number of hydrogen-bond acceptors (Lipinski definition) is 2. The summed E-state index contributed by atoms with van der Waals surface area (Å²) in [6.07, 6.45) is 5.59. The van der Waals surface area contributed by atoms with Gasteiger partial charge in [-0.15, -0.1) is 0 Å². The Balaban J connectivity index is 1.44. The van der Waals surface area contributed by atoms with Crippen LogP contribution in [0.2, 0.25) is 5.02 Å². The first-order chi connectivity index (χ1) is 14.6. The van der Waals surface area contributed by atoms with Gasteiger partial charge in [-0.25, -0.2) is 0 Å². The largest absolute Gasteiger partial charge is 0.378 e. The van der Waals surface area contributed by atoms with Crippen molar-refractivity contribution in [2.75, 3.05) is 10.6 Å². The number of nitrogens with one attached hydrogen (secondary N) is 2. The third kappa shape index (κ3) is 3.50. The number of benzene rings is 3. The summed E-state index contributed by atoms with van der Waals surface area (Å²) in [6, 6.07) is 22.1. The first-order valence-electron chi connectivity index (χ1n) is 10.3. The van der Waals surface area contributed by atoms with E-state index in [9.17, 15) is 4.79 Å². The van der Waals surface area contributed by atoms with Gasteiger partial charge in [-0.1, -0.05) is 53.6 Å². The molecule has 0 saturated heterocycles. The predicted octanol–water partition coefficient (Wildman–Crippen LogP) is 6.73. The number of rotatable bonds is 3. The maximum Gasteiger partial charge on any atom is 0.255 e. The second kappa shape index (κ2) is 7.66. The molecule has 0 aromatic heterocycles. The number of carbonyl (C=O) groups excluding carboxylic acids is 1. The van der Waals surface area contributed by atoms with Gasteiger partial charge in [0.25, 0.3) is 5.91 Å². The van der Waals surface area contributed by atoms with Gasteiger partial charge in [-0.05, 0) is 72.9 Å². The predicted molar refractivity (Wildman–Crippen MR) is 123 cm³/mol. The molecule has 3 aromatic rings. The van der Waals surface area contributed by atoms with Crippen LogP contribution in [0.5, 0.6) is 0 Å². The average Bonchev–Trinajstić information content (AvgIpc) is 3.23. The van der Waals surface area contributed by atoms with Gasteiger partial charge in [0, 0.05) is 27.9 Å². The van der Waals surface area contributed by atoms with Crippen LogP contribution in [0.1, 0.15) is 45.4 Å². The van der Waals surface area contributed by atoms with Crippen LogP contribution < -0.4 is 10.6 Å². The van der Waals surface area contributed by atoms with Crippen LogP contribution in [0.3, 0.4) is 0 Å². The Morgan fingerprint density at radius 3 is 2.77 bits per heavy atom. The number of hydrogen-bond donors (Lipinski definition) is 2. The molecule has 1 amide bonds. The summed E-state index contributed by atoms with van der Waals surface area (Å²) in [7, 11) is 0. The molecule has 3 atom stereocenters. The Morgan fingerprint density at radius 1 is 1.07 bits per heavy atom. The molecular weight excluding hydrogens is 392 g/mol. The van der Waals surface area contributed by atoms with Crippen molar-refractivity contribution in [2.45, 2.75) is 25.3 Å². The lowest BCUT2D eigenvalue weighted by molar-refractivity contribution is 0.102. The van der Waals surface area contributed by atoms with E-state index in [1.807, 2.05) is 49.4 Å². The molecule has 0 radical (unpaired) electrons. The number of halogens is 1. The van der Waals surface area contributed by atoms with E-state index >= 15 is 0 Å². The van der Waals surface area contributed by atoms with Crippen LogP contribution >= 0.6 is 11.6 Å². The number of aryl methyl sites for hydroxylation is 1. The number of fused-ring (bicyclic) bond motifs is 3. The van der Waals surface area contributed by atoms with Crippen molar-refractivity contribution >= 4 is 28.9 Å². The zero-order valence-corrected chi connectivity index (χ0v) is 17.5. The molecule has 3 unspecified atom stereocenters. The normalized spacial score (nSPS) is 21.5. The van der Waals surface area contributed by atoms with E-state index in [1.54, 1.807) is 0 Å². The zero-order chi connectivity index (χ0) is 20.7. The van der Waals surface area contributed by atoms with Crippen LogP contribution in [0.25, 0.3) is 0 Å². The molecule has 2 N–H and O–H groups in total. The van der Waals surface area contributed by atoms with Crippen molar-refractivity contribution < 1.29 is 4.79 Å². The van der Waals surface area contributed by atoms with E-state index in [0.29, 0.717) is 17.4 Å². The van der Waals surface area contributed by atoms with E-state index in [2.05, 4.69) is 47.1 Å². The SMILES string of the molecule is Cc1cccc(C(=O)Nc2ccc3c(c2)C2C=CCC2C(c2cccc(Cl)c2)N3)c1. The monoisotopic (exact) mass is 414 g/mol. The second-order valence-corrected chi connectivity index (χ2v) is 8.59. The highest BCUT2D eigenvalue weighted by atomic mass is 35.5. The Hall–Kier alpha value is -3.04. The molecule has 0 bridgehead atoms. The minimum absolute atomic E-state index is 0.0854. The van der Waals surface area contributed by atoms with Crippen LogP contribution in [-0.4, -0.2) is 5.91 Å². The van der Waals surface area contributed by atoms with Crippen LogP contribution in [-0.2, 0) is 0 Å². The molecule has 4 heteroatoms. The molecule has 3 nitrogen and oxygen atoms in total. The topological polar surface area (TPSA) is 41.1 Å². The van der Waals surface area contributed by atoms with Crippen molar-refractivity contribution in [3.8, 4) is 0 Å². The Kier molecular flexibility index (Phi) is 4.84. The van der Waals surface area contributed by atoms with Gasteiger partial charge in [0.1, 0.15) is 0 Å². The molecule has 1 aliphatic heterocycles. The van der Waals surface area contributed by atoms with Crippen LogP contribution in [0.15, 0.2) is 78.9 Å². The molecule has 1 aliphatic carbocycles. The summed E-state index contributed by atoms with van der Waals surface area (Å²) >= 11 is 6.25. The molecule has 2 aliphatic rings. The molecule has 0 spiro atoms. The van der Waals surface area contributed by atoms with Crippen LogP contribution in [0.4, 0.5) is 11.4 Å². The van der Waals surface area contributed by atoms with Crippen molar-refractivity contribution in [3.05, 3.63) is 106 Å². The number of allylic oxidation sites excluding steroid dienone is 2. The van der Waals surface area contributed by atoms with Gasteiger partial charge in [0.05, 0.1) is 6.04 Å². The number of carbonyl (C=O) groups is 1. The lowest BCUT2D eigenvalue weighted by Crippen LogP contribution is -2.29. The molecular formula is C26H23ClN2O. The first kappa shape index (κ1) is 19.0. The summed E-state index contributed by atoms with van der Waals surface area (Å²) < 4.78 is 0. The minimum Gasteiger partial charge on any atom is -0.378 e. The highest BCUT2D eigenvalue weighted by Gasteiger charge is 2.38. The quantitative estimate of drug-likeness (QED) is 0.466. The third-order valence-corrected chi connectivity index (χ3v) is 6.34. The van der Waals surface area contributed by atoms with E-state index in [1.165, 1.54) is 11.1 Å². The average molecular weight is 415 g/mol. The van der Waals surface area contributed by atoms with E-state index in [0.717, 1.165) is 28.4 Å². The highest BCUT2D eigenvalue weighted by Crippen LogP contribution is 2.50. The lowest BCUT2D eigenvalue weighted by Gasteiger charge is -2.37. The standard InChI is InChI=1S/C26H23ClN2O/c1-16-5-2-7-18(13-16)26(30)28-20-11-12-24-23(15-20)21-9-4-10-22(21)25(29-24)17-6-3-8-19(27)14-17/h2-9,11-15,21-22,25,29H,10H2,1H3,(H,28,30). The fourth-order valence-electron chi connectivity index (χ4n) is 4.69. The van der Waals surface area contributed by atoms with Crippen molar-refractivity contribution in [1.82, 2.24) is 0 Å². The van der Waals surface area contributed by atoms with E-state index in [-0.39, 0.29) is 11.9 Å². The fourth-order valence-corrected chi connectivity index (χ4v) is 4.89. The molecule has 0 saturated carbocycles. The van der Waals surface area contributed by atoms with Crippen LogP contribution in [0, 0.1) is 12.8 Å². The maximum absolute atomic E-state index is 12.7. The van der Waals surface area contributed by atoms with Gasteiger partial charge in [-0.3, -0.25) is 4.79 Å². The Bertz CT molecular complexity index is 1150. The third-order valence-electron chi connectivity index (χ3n) is 6.11. The van der Waals surface area contributed by atoms with Gasteiger partial charge in [-0.2, -0.15) is 0 Å². The van der Waals surface area contributed by atoms with Crippen molar-refractivity contribution in [3.63, 3.8) is 0 Å². The summed E-state index contributed by atoms with van der Waals surface area (Å²) in [5.41, 5.74) is 6.12. The molecule has 5 rings (SSSR count). The molecule has 30 heavy (non-hydrogen) atoms. The van der Waals surface area contributed by atoms with E-state index < -0.39 is 0 Å². The van der Waals surface area contributed by atoms with Crippen molar-refractivity contribution in [1.29, 1.82) is 0 Å². The van der Waals surface area contributed by atoms with E-state index in [4.69, 9.17) is 11.6 Å². The second-order valence-electron chi connectivity index (χ2n) is 8.16. The minimum atomic E-state index is -0.0854. The lowest BCUT2D eigenvalue weighted by atomic mass is 9.77. The van der Waals surface area contributed by atoms with Gasteiger partial charge < -0.3 is 10.6 Å². The van der Waals surface area contributed by atoms with Crippen molar-refractivity contribution in [2.24, 2.45) is 5.92 Å². The summed E-state index contributed by atoms with van der Waals surface area (Å²) in [4.78, 5) is 12.7. The molecule has 150 valence electrons. The first-order valence-corrected chi connectivity index (χ1v) is 10.7. The number of amides is 1. The highest BCUT2D eigenvalue weighted by molar-refractivity contribution is 6.30. The Labute approximate surface area is 181 Å². The van der Waals surface area contributed by atoms with Gasteiger partial charge >= 0.3 is 0 Å². The Morgan fingerprint density at radius 2 is 1.93 bits per heavy atom. The molecule has 0 fully saturated rings. The molecule has 1 heterocycles. The molecule has 3 aromatic carbocycles. The van der Waals surface area contributed by atoms with Gasteiger partial charge in [0.15, 0.2) is 0 Å². The summed E-state index contributed by atoms with van der Waals surface area (Å²) in [6.45, 7) is 1.99. The summed E-state index contributed by atoms with van der Waals surface area (Å²) in [5.74, 6) is 0.664. The zero-order valence-electron chi connectivity index (χ0n) is 16.7. The summed E-state index contributed by atoms with van der Waals surface area (Å²) in [5, 5.41) is 7.54. The smallest absolute Gasteiger partial charge is 0.255 e. The number of anilines is 2. The fraction of sp³-hybridized carbons (Fsp3) is 0.192. The maximum atomic E-state index is 12.7. The van der Waals surface area contributed by atoms with Gasteiger partial charge in [0.2, 0.25) is 0 Å².